The first-order valence-corrected chi connectivity index (χ1v) is 10.1. The number of aliphatic imine (C=N–C) groups is 1. The molecule has 8 heteroatoms. The number of fused-ring (bicyclic) bond motifs is 1. The summed E-state index contributed by atoms with van der Waals surface area (Å²) in [6.45, 7) is 4.42. The Morgan fingerprint density at radius 2 is 2.19 bits per heavy atom. The molecule has 1 unspecified atom stereocenters. The van der Waals surface area contributed by atoms with Crippen molar-refractivity contribution in [3.8, 4) is 0 Å². The van der Waals surface area contributed by atoms with Crippen molar-refractivity contribution in [2.75, 3.05) is 20.7 Å². The van der Waals surface area contributed by atoms with Gasteiger partial charge in [0, 0.05) is 19.3 Å². The van der Waals surface area contributed by atoms with Gasteiger partial charge in [0.15, 0.2) is 5.17 Å². The average Bonchev–Trinajstić information content (AvgIpc) is 3.29. The molecule has 1 amide bonds. The summed E-state index contributed by atoms with van der Waals surface area (Å²) in [5.74, 6) is -0.356. The number of carbonyl (C=O) groups is 2. The summed E-state index contributed by atoms with van der Waals surface area (Å²) in [4.78, 5) is 33.2. The fourth-order valence-electron chi connectivity index (χ4n) is 2.95. The normalized spacial score (nSPS) is 19.1. The van der Waals surface area contributed by atoms with E-state index in [0.717, 1.165) is 16.4 Å². The van der Waals surface area contributed by atoms with Crippen molar-refractivity contribution >= 4 is 40.1 Å². The van der Waals surface area contributed by atoms with Gasteiger partial charge in [0.25, 0.3) is 0 Å². The molecule has 6 nitrogen and oxygen atoms in total. The number of amidine groups is 1. The molecule has 3 heterocycles. The molecule has 0 bridgehead atoms. The van der Waals surface area contributed by atoms with Crippen LogP contribution in [0.1, 0.15) is 31.9 Å². The molecular weight excluding hydrogens is 370 g/mol. The van der Waals surface area contributed by atoms with Gasteiger partial charge in [-0.3, -0.25) is 4.79 Å². The first kappa shape index (κ1) is 18.7. The number of amides is 1. The van der Waals surface area contributed by atoms with Gasteiger partial charge in [0.2, 0.25) is 5.91 Å². The standard InChI is InChI=1S/C18H21N3O3S2/c1-5-20(3)14(22)8-13-10-26-18-19-11(2)15(17(23)24-4)16(21(13)18)12-6-7-25-9-12/h6-7,9-10,16H,5,8H2,1-4H3. The largest absolute Gasteiger partial charge is 0.466 e. The second-order valence-electron chi connectivity index (χ2n) is 6.03. The summed E-state index contributed by atoms with van der Waals surface area (Å²) in [6, 6.07) is 1.66. The number of methoxy groups -OCH3 is 1. The molecule has 3 rings (SSSR count). The molecule has 0 N–H and O–H groups in total. The van der Waals surface area contributed by atoms with Gasteiger partial charge in [-0.05, 0) is 41.6 Å². The van der Waals surface area contributed by atoms with Crippen LogP contribution in [0.3, 0.4) is 0 Å². The lowest BCUT2D eigenvalue weighted by Crippen LogP contribution is -2.38. The number of hydrogen-bond acceptors (Lipinski definition) is 7. The van der Waals surface area contributed by atoms with Crippen LogP contribution in [0.2, 0.25) is 0 Å². The van der Waals surface area contributed by atoms with E-state index in [1.165, 1.54) is 18.9 Å². The van der Waals surface area contributed by atoms with Crippen molar-refractivity contribution in [3.63, 3.8) is 0 Å². The third-order valence-electron chi connectivity index (χ3n) is 4.50. The summed E-state index contributed by atoms with van der Waals surface area (Å²) in [6.07, 6.45) is 0.268. The van der Waals surface area contributed by atoms with E-state index < -0.39 is 5.97 Å². The zero-order valence-corrected chi connectivity index (χ0v) is 16.8. The maximum atomic E-state index is 12.5. The minimum absolute atomic E-state index is 0.0376. The van der Waals surface area contributed by atoms with Crippen LogP contribution in [0.25, 0.3) is 0 Å². The molecule has 0 aliphatic carbocycles. The summed E-state index contributed by atoms with van der Waals surface area (Å²) in [7, 11) is 3.16. The Hall–Kier alpha value is -2.06. The quantitative estimate of drug-likeness (QED) is 0.720. The molecule has 0 fully saturated rings. The molecule has 138 valence electrons. The van der Waals surface area contributed by atoms with E-state index in [2.05, 4.69) is 4.99 Å². The van der Waals surface area contributed by atoms with Crippen LogP contribution in [0.4, 0.5) is 0 Å². The van der Waals surface area contributed by atoms with Crippen molar-refractivity contribution in [2.24, 2.45) is 4.99 Å². The van der Waals surface area contributed by atoms with Gasteiger partial charge in [0.1, 0.15) is 0 Å². The second-order valence-corrected chi connectivity index (χ2v) is 7.64. The highest BCUT2D eigenvalue weighted by Crippen LogP contribution is 2.45. The van der Waals surface area contributed by atoms with E-state index in [9.17, 15) is 9.59 Å². The van der Waals surface area contributed by atoms with E-state index in [4.69, 9.17) is 4.74 Å². The van der Waals surface area contributed by atoms with E-state index in [0.29, 0.717) is 17.8 Å². The number of thioether (sulfide) groups is 1. The smallest absolute Gasteiger partial charge is 0.338 e. The van der Waals surface area contributed by atoms with Crippen LogP contribution in [0.15, 0.2) is 44.2 Å². The summed E-state index contributed by atoms with van der Waals surface area (Å²) >= 11 is 3.05. The molecule has 1 aromatic heterocycles. The Kier molecular flexibility index (Phi) is 5.52. The molecule has 2 aliphatic rings. The number of thiophene rings is 1. The third-order valence-corrected chi connectivity index (χ3v) is 6.09. The first-order chi connectivity index (χ1) is 12.5. The van der Waals surface area contributed by atoms with Crippen molar-refractivity contribution < 1.29 is 14.3 Å². The number of esters is 1. The van der Waals surface area contributed by atoms with Gasteiger partial charge in [-0.1, -0.05) is 11.8 Å². The maximum absolute atomic E-state index is 12.5. The minimum Gasteiger partial charge on any atom is -0.466 e. The maximum Gasteiger partial charge on any atom is 0.338 e. The van der Waals surface area contributed by atoms with Gasteiger partial charge >= 0.3 is 5.97 Å². The molecule has 0 spiro atoms. The van der Waals surface area contributed by atoms with Gasteiger partial charge in [-0.2, -0.15) is 11.3 Å². The summed E-state index contributed by atoms with van der Waals surface area (Å²) in [5.41, 5.74) is 3.01. The number of rotatable bonds is 5. The van der Waals surface area contributed by atoms with E-state index in [1.54, 1.807) is 23.3 Å². The summed E-state index contributed by atoms with van der Waals surface area (Å²) < 4.78 is 5.02. The molecule has 0 aromatic carbocycles. The molecule has 2 aliphatic heterocycles. The molecule has 1 aromatic rings. The Morgan fingerprint density at radius 3 is 2.81 bits per heavy atom. The van der Waals surface area contributed by atoms with Gasteiger partial charge in [-0.15, -0.1) is 0 Å². The van der Waals surface area contributed by atoms with Crippen LogP contribution < -0.4 is 0 Å². The zero-order valence-electron chi connectivity index (χ0n) is 15.2. The lowest BCUT2D eigenvalue weighted by atomic mass is 9.96. The monoisotopic (exact) mass is 391 g/mol. The Balaban J connectivity index is 2.01. The molecule has 0 radical (unpaired) electrons. The highest BCUT2D eigenvalue weighted by Gasteiger charge is 2.41. The summed E-state index contributed by atoms with van der Waals surface area (Å²) in [5, 5.41) is 6.73. The molecule has 26 heavy (non-hydrogen) atoms. The zero-order chi connectivity index (χ0) is 18.8. The van der Waals surface area contributed by atoms with E-state index in [1.807, 2.05) is 41.0 Å². The van der Waals surface area contributed by atoms with Crippen LogP contribution in [-0.2, 0) is 14.3 Å². The highest BCUT2D eigenvalue weighted by atomic mass is 32.2. The van der Waals surface area contributed by atoms with Gasteiger partial charge in [0.05, 0.1) is 30.8 Å². The average molecular weight is 392 g/mol. The Labute approximate surface area is 161 Å². The Morgan fingerprint density at radius 1 is 1.42 bits per heavy atom. The molecule has 0 saturated carbocycles. The minimum atomic E-state index is -0.394. The van der Waals surface area contributed by atoms with Crippen molar-refractivity contribution in [1.82, 2.24) is 9.80 Å². The van der Waals surface area contributed by atoms with Crippen molar-refractivity contribution in [3.05, 3.63) is 44.8 Å². The van der Waals surface area contributed by atoms with Crippen molar-refractivity contribution in [2.45, 2.75) is 26.3 Å². The molecule has 0 saturated heterocycles. The lowest BCUT2D eigenvalue weighted by Gasteiger charge is -2.35. The number of hydrogen-bond donors (Lipinski definition) is 0. The predicted molar refractivity (Wildman–Crippen MR) is 105 cm³/mol. The molecular formula is C18H21N3O3S2. The fraction of sp³-hybridized carbons (Fsp3) is 0.389. The van der Waals surface area contributed by atoms with Crippen LogP contribution in [-0.4, -0.2) is 47.5 Å². The number of nitrogens with zero attached hydrogens (tertiary/aromatic N) is 3. The fourth-order valence-corrected chi connectivity index (χ4v) is 4.60. The van der Waals surface area contributed by atoms with E-state index in [-0.39, 0.29) is 18.4 Å². The number of allylic oxidation sites excluding steroid dienone is 1. The topological polar surface area (TPSA) is 62.2 Å². The lowest BCUT2D eigenvalue weighted by molar-refractivity contribution is -0.136. The van der Waals surface area contributed by atoms with Gasteiger partial charge in [-0.25, -0.2) is 9.79 Å². The van der Waals surface area contributed by atoms with Gasteiger partial charge < -0.3 is 14.5 Å². The number of carbonyl (C=O) groups excluding carboxylic acids is 2. The predicted octanol–water partition coefficient (Wildman–Crippen LogP) is 3.36. The molecule has 1 atom stereocenters. The van der Waals surface area contributed by atoms with Crippen molar-refractivity contribution in [1.29, 1.82) is 0 Å². The van der Waals surface area contributed by atoms with E-state index >= 15 is 0 Å². The highest BCUT2D eigenvalue weighted by molar-refractivity contribution is 8.16. The SMILES string of the molecule is CCN(C)C(=O)CC1=CSC2=NC(C)=C(C(=O)OC)C(c3ccsc3)N12. The second kappa shape index (κ2) is 7.67. The van der Waals surface area contributed by atoms with Crippen LogP contribution in [0, 0.1) is 0 Å². The third kappa shape index (κ3) is 3.31. The Bertz CT molecular complexity index is 812. The number of ether oxygens (including phenoxy) is 1. The van der Waals surface area contributed by atoms with Crippen LogP contribution >= 0.6 is 23.1 Å². The van der Waals surface area contributed by atoms with Crippen LogP contribution in [0.5, 0.6) is 0 Å². The first-order valence-electron chi connectivity index (χ1n) is 8.26.